The van der Waals surface area contributed by atoms with Gasteiger partial charge in [0.25, 0.3) is 5.91 Å². The van der Waals surface area contributed by atoms with Crippen LogP contribution in [0.1, 0.15) is 23.0 Å². The van der Waals surface area contributed by atoms with Crippen LogP contribution in [0.3, 0.4) is 0 Å². The molecular weight excluding hydrogens is 275 g/mol. The van der Waals surface area contributed by atoms with E-state index in [-0.39, 0.29) is 18.1 Å². The van der Waals surface area contributed by atoms with Crippen molar-refractivity contribution in [2.24, 2.45) is 0 Å². The van der Waals surface area contributed by atoms with Crippen LogP contribution in [-0.2, 0) is 16.1 Å². The molecule has 0 spiro atoms. The van der Waals surface area contributed by atoms with Crippen LogP contribution in [0.25, 0.3) is 0 Å². The molecule has 0 radical (unpaired) electrons. The highest BCUT2D eigenvalue weighted by molar-refractivity contribution is 5.90. The quantitative estimate of drug-likeness (QED) is 0.828. The van der Waals surface area contributed by atoms with Gasteiger partial charge in [0.2, 0.25) is 0 Å². The maximum absolute atomic E-state index is 12.7. The summed E-state index contributed by atoms with van der Waals surface area (Å²) in [6.07, 6.45) is 0.678. The summed E-state index contributed by atoms with van der Waals surface area (Å²) >= 11 is 0. The Labute approximate surface area is 121 Å². The van der Waals surface area contributed by atoms with Crippen molar-refractivity contribution in [2.45, 2.75) is 19.6 Å². The molecule has 2 aromatic rings. The maximum Gasteiger partial charge on any atom is 0.355 e. The predicted molar refractivity (Wildman–Crippen MR) is 73.9 cm³/mol. The summed E-state index contributed by atoms with van der Waals surface area (Å²) in [6, 6.07) is 9.00. The van der Waals surface area contributed by atoms with Crippen LogP contribution >= 0.6 is 0 Å². The number of H-pyrrole nitrogens is 1. The summed E-state index contributed by atoms with van der Waals surface area (Å²) < 4.78 is 17.8. The van der Waals surface area contributed by atoms with E-state index in [9.17, 15) is 14.0 Å². The first kappa shape index (κ1) is 14.8. The van der Waals surface area contributed by atoms with E-state index in [2.05, 4.69) is 10.3 Å². The zero-order valence-corrected chi connectivity index (χ0v) is 11.4. The number of aromatic nitrogens is 1. The molecular formula is C15H15FN2O3. The summed E-state index contributed by atoms with van der Waals surface area (Å²) in [5.74, 6) is -1.35. The highest BCUT2D eigenvalue weighted by atomic mass is 19.1. The lowest BCUT2D eigenvalue weighted by Crippen LogP contribution is -2.35. The van der Waals surface area contributed by atoms with E-state index in [4.69, 9.17) is 4.74 Å². The third-order valence-electron chi connectivity index (χ3n) is 2.85. The van der Waals surface area contributed by atoms with Crippen LogP contribution in [-0.4, -0.2) is 23.0 Å². The second-order valence-corrected chi connectivity index (χ2v) is 4.48. The van der Waals surface area contributed by atoms with Gasteiger partial charge in [-0.15, -0.1) is 0 Å². The molecule has 0 aliphatic heterocycles. The number of carbonyl (C=O) groups is 2. The van der Waals surface area contributed by atoms with Crippen LogP contribution in [0.5, 0.6) is 0 Å². The number of esters is 1. The number of benzene rings is 1. The first-order valence-electron chi connectivity index (χ1n) is 6.43. The van der Waals surface area contributed by atoms with Gasteiger partial charge in [0.05, 0.1) is 0 Å². The van der Waals surface area contributed by atoms with E-state index in [1.807, 2.05) is 0 Å². The fraction of sp³-hybridized carbons (Fsp3) is 0.200. The van der Waals surface area contributed by atoms with E-state index in [0.29, 0.717) is 0 Å². The van der Waals surface area contributed by atoms with Gasteiger partial charge in [-0.1, -0.05) is 12.1 Å². The van der Waals surface area contributed by atoms with Gasteiger partial charge in [0.15, 0.2) is 6.10 Å². The van der Waals surface area contributed by atoms with Gasteiger partial charge >= 0.3 is 5.97 Å². The zero-order valence-electron chi connectivity index (χ0n) is 11.4. The van der Waals surface area contributed by atoms with Crippen LogP contribution in [0.4, 0.5) is 4.39 Å². The van der Waals surface area contributed by atoms with Gasteiger partial charge in [0, 0.05) is 12.7 Å². The third kappa shape index (κ3) is 4.17. The molecule has 6 heteroatoms. The minimum atomic E-state index is -0.916. The van der Waals surface area contributed by atoms with E-state index >= 15 is 0 Å². The number of aromatic amines is 1. The molecule has 0 saturated carbocycles. The van der Waals surface area contributed by atoms with Crippen LogP contribution in [0.15, 0.2) is 42.6 Å². The predicted octanol–water partition coefficient (Wildman–Crippen LogP) is 2.02. The summed E-state index contributed by atoms with van der Waals surface area (Å²) in [6.45, 7) is 1.73. The molecule has 1 amide bonds. The zero-order chi connectivity index (χ0) is 15.2. The number of ether oxygens (including phenoxy) is 1. The van der Waals surface area contributed by atoms with E-state index < -0.39 is 18.0 Å². The standard InChI is InChI=1S/C15H15FN2O3/c1-10(21-15(20)13-3-2-8-17-13)14(19)18-9-11-4-6-12(16)7-5-11/h2-8,10,17H,9H2,1H3,(H,18,19)/t10-/m1/s1. The molecule has 1 heterocycles. The monoisotopic (exact) mass is 290 g/mol. The van der Waals surface area contributed by atoms with Crippen molar-refractivity contribution < 1.29 is 18.7 Å². The molecule has 110 valence electrons. The minimum absolute atomic E-state index is 0.240. The number of rotatable bonds is 5. The lowest BCUT2D eigenvalue weighted by molar-refractivity contribution is -0.129. The first-order chi connectivity index (χ1) is 10.1. The molecule has 0 bridgehead atoms. The molecule has 0 aliphatic carbocycles. The Morgan fingerprint density at radius 1 is 1.29 bits per heavy atom. The number of halogens is 1. The number of carbonyl (C=O) groups excluding carboxylic acids is 2. The largest absolute Gasteiger partial charge is 0.448 e. The highest BCUT2D eigenvalue weighted by Crippen LogP contribution is 2.04. The Morgan fingerprint density at radius 2 is 2.00 bits per heavy atom. The highest BCUT2D eigenvalue weighted by Gasteiger charge is 2.18. The topological polar surface area (TPSA) is 71.2 Å². The van der Waals surface area contributed by atoms with Crippen molar-refractivity contribution in [3.8, 4) is 0 Å². The van der Waals surface area contributed by atoms with Crippen LogP contribution < -0.4 is 5.32 Å². The fourth-order valence-corrected chi connectivity index (χ4v) is 1.67. The fourth-order valence-electron chi connectivity index (χ4n) is 1.67. The second kappa shape index (κ2) is 6.69. The number of amides is 1. The lowest BCUT2D eigenvalue weighted by Gasteiger charge is -2.13. The summed E-state index contributed by atoms with van der Waals surface area (Å²) in [4.78, 5) is 26.2. The van der Waals surface area contributed by atoms with Gasteiger partial charge in [-0.2, -0.15) is 0 Å². The van der Waals surface area contributed by atoms with Gasteiger partial charge in [-0.25, -0.2) is 9.18 Å². The van der Waals surface area contributed by atoms with Crippen molar-refractivity contribution in [3.05, 3.63) is 59.7 Å². The van der Waals surface area contributed by atoms with E-state index in [1.165, 1.54) is 19.1 Å². The van der Waals surface area contributed by atoms with Gasteiger partial charge in [-0.05, 0) is 36.8 Å². The van der Waals surface area contributed by atoms with E-state index in [0.717, 1.165) is 5.56 Å². The molecule has 0 unspecified atom stereocenters. The summed E-state index contributed by atoms with van der Waals surface area (Å²) in [5.41, 5.74) is 1.04. The Bertz CT molecular complexity index is 608. The Hall–Kier alpha value is -2.63. The summed E-state index contributed by atoms with van der Waals surface area (Å²) in [7, 11) is 0. The van der Waals surface area contributed by atoms with Crippen molar-refractivity contribution in [1.82, 2.24) is 10.3 Å². The number of hydrogen-bond acceptors (Lipinski definition) is 3. The van der Waals surface area contributed by atoms with E-state index in [1.54, 1.807) is 30.5 Å². The molecule has 0 saturated heterocycles. The maximum atomic E-state index is 12.7. The molecule has 1 aromatic carbocycles. The Morgan fingerprint density at radius 3 is 2.62 bits per heavy atom. The molecule has 21 heavy (non-hydrogen) atoms. The smallest absolute Gasteiger partial charge is 0.355 e. The SMILES string of the molecule is C[C@@H](OC(=O)c1ccc[nH]1)C(=O)NCc1ccc(F)cc1. The molecule has 1 aromatic heterocycles. The van der Waals surface area contributed by atoms with Crippen molar-refractivity contribution in [2.75, 3.05) is 0 Å². The molecule has 2 rings (SSSR count). The van der Waals surface area contributed by atoms with Crippen molar-refractivity contribution in [3.63, 3.8) is 0 Å². The molecule has 0 fully saturated rings. The number of nitrogens with one attached hydrogen (secondary N) is 2. The lowest BCUT2D eigenvalue weighted by atomic mass is 10.2. The number of hydrogen-bond donors (Lipinski definition) is 2. The average Bonchev–Trinajstić information content (AvgIpc) is 3.00. The first-order valence-corrected chi connectivity index (χ1v) is 6.43. The van der Waals surface area contributed by atoms with Gasteiger partial charge in [-0.3, -0.25) is 4.79 Å². The molecule has 2 N–H and O–H groups in total. The normalized spacial score (nSPS) is 11.7. The van der Waals surface area contributed by atoms with Crippen molar-refractivity contribution in [1.29, 1.82) is 0 Å². The Balaban J connectivity index is 1.82. The van der Waals surface area contributed by atoms with Gasteiger partial charge in [0.1, 0.15) is 11.5 Å². The third-order valence-corrected chi connectivity index (χ3v) is 2.85. The minimum Gasteiger partial charge on any atom is -0.448 e. The van der Waals surface area contributed by atoms with Crippen LogP contribution in [0.2, 0.25) is 0 Å². The second-order valence-electron chi connectivity index (χ2n) is 4.48. The molecule has 5 nitrogen and oxygen atoms in total. The van der Waals surface area contributed by atoms with Crippen molar-refractivity contribution >= 4 is 11.9 Å². The molecule has 0 aliphatic rings. The average molecular weight is 290 g/mol. The van der Waals surface area contributed by atoms with Gasteiger partial charge < -0.3 is 15.0 Å². The molecule has 1 atom stereocenters. The van der Waals surface area contributed by atoms with Crippen LogP contribution in [0, 0.1) is 5.82 Å². The Kier molecular flexibility index (Phi) is 4.71. The summed E-state index contributed by atoms with van der Waals surface area (Å²) in [5, 5.41) is 2.62.